The van der Waals surface area contributed by atoms with E-state index in [0.717, 1.165) is 0 Å². The maximum absolute atomic E-state index is 13.3. The number of hydrogen-bond acceptors (Lipinski definition) is 8. The van der Waals surface area contributed by atoms with Gasteiger partial charge >= 0.3 is 6.18 Å². The van der Waals surface area contributed by atoms with Crippen LogP contribution in [0.15, 0.2) is 18.2 Å². The van der Waals surface area contributed by atoms with E-state index in [1.54, 1.807) is 0 Å². The van der Waals surface area contributed by atoms with Crippen molar-refractivity contribution < 1.29 is 45.7 Å². The van der Waals surface area contributed by atoms with Crippen molar-refractivity contribution in [2.75, 3.05) is 11.9 Å². The van der Waals surface area contributed by atoms with Crippen LogP contribution in [0, 0.1) is 5.92 Å². The number of nitrogens with zero attached hydrogens (tertiary/aromatic N) is 2. The lowest BCUT2D eigenvalue weighted by Gasteiger charge is -2.32. The molecule has 0 aliphatic heterocycles. The lowest BCUT2D eigenvalue weighted by molar-refractivity contribution is -0.183. The number of halogens is 9. The minimum Gasteiger partial charge on any atom is -0.471 e. The van der Waals surface area contributed by atoms with Crippen molar-refractivity contribution in [1.29, 1.82) is 0 Å². The van der Waals surface area contributed by atoms with Gasteiger partial charge < -0.3 is 25.3 Å². The Kier molecular flexibility index (Phi) is 10.7. The Bertz CT molecular complexity index is 1430. The molecule has 44 heavy (non-hydrogen) atoms. The van der Waals surface area contributed by atoms with Gasteiger partial charge in [0.15, 0.2) is 18.5 Å². The predicted octanol–water partition coefficient (Wildman–Crippen LogP) is 6.42. The number of aromatic nitrogens is 3. The van der Waals surface area contributed by atoms with E-state index < -0.39 is 49.5 Å². The highest BCUT2D eigenvalue weighted by atomic mass is 35.5. The Hall–Kier alpha value is -2.63. The Balaban J connectivity index is 1.56. The largest absolute Gasteiger partial charge is 0.471 e. The van der Waals surface area contributed by atoms with Crippen LogP contribution < -0.4 is 20.7 Å². The Labute approximate surface area is 256 Å². The van der Waals surface area contributed by atoms with Gasteiger partial charge in [-0.3, -0.25) is 10.6 Å². The highest BCUT2D eigenvalue weighted by Crippen LogP contribution is 2.39. The average Bonchev–Trinajstić information content (AvgIpc) is 3.33. The number of rotatable bonds is 12. The lowest BCUT2D eigenvalue weighted by atomic mass is 9.85. The minimum atomic E-state index is -4.30. The first-order chi connectivity index (χ1) is 20.5. The van der Waals surface area contributed by atoms with Crippen molar-refractivity contribution in [2.24, 2.45) is 5.92 Å². The molecule has 2 heterocycles. The summed E-state index contributed by atoms with van der Waals surface area (Å²) < 4.78 is 96.7. The van der Waals surface area contributed by atoms with Crippen LogP contribution >= 0.6 is 23.2 Å². The molecule has 0 spiro atoms. The fourth-order valence-corrected chi connectivity index (χ4v) is 5.24. The van der Waals surface area contributed by atoms with Crippen molar-refractivity contribution in [3.8, 4) is 5.88 Å². The second-order valence-corrected chi connectivity index (χ2v) is 11.2. The van der Waals surface area contributed by atoms with E-state index in [9.17, 15) is 40.9 Å². The number of aliphatic hydroxyl groups is 2. The van der Waals surface area contributed by atoms with Gasteiger partial charge in [-0.25, -0.2) is 17.6 Å². The summed E-state index contributed by atoms with van der Waals surface area (Å²) in [6.45, 7) is -0.743. The zero-order valence-electron chi connectivity index (χ0n) is 23.0. The van der Waals surface area contributed by atoms with E-state index in [4.69, 9.17) is 27.9 Å². The summed E-state index contributed by atoms with van der Waals surface area (Å²) in [5, 5.41) is 28.5. The monoisotopic (exact) mass is 676 g/mol. The van der Waals surface area contributed by atoms with Gasteiger partial charge in [0.25, 0.3) is 12.3 Å². The van der Waals surface area contributed by atoms with E-state index >= 15 is 0 Å². The molecule has 1 fully saturated rings. The molecule has 18 heteroatoms. The molecule has 1 aromatic carbocycles. The number of imidazole rings is 1. The number of alkyl halides is 7. The van der Waals surface area contributed by atoms with E-state index in [0.29, 0.717) is 12.5 Å². The zero-order valence-corrected chi connectivity index (χ0v) is 24.5. The van der Waals surface area contributed by atoms with Gasteiger partial charge in [-0.2, -0.15) is 23.1 Å². The van der Waals surface area contributed by atoms with Crippen LogP contribution in [0.5, 0.6) is 5.88 Å². The van der Waals surface area contributed by atoms with Crippen molar-refractivity contribution in [3.05, 3.63) is 39.4 Å². The molecule has 0 saturated heterocycles. The normalized spacial score (nSPS) is 19.4. The third-order valence-corrected chi connectivity index (χ3v) is 7.82. The smallest absolute Gasteiger partial charge is 0.391 e. The van der Waals surface area contributed by atoms with Gasteiger partial charge in [-0.1, -0.05) is 29.3 Å². The van der Waals surface area contributed by atoms with Gasteiger partial charge in [0.05, 0.1) is 32.7 Å². The molecule has 0 amide bonds. The lowest BCUT2D eigenvalue weighted by Crippen LogP contribution is -2.42. The quantitative estimate of drug-likeness (QED) is 0.0959. The van der Waals surface area contributed by atoms with Crippen LogP contribution in [0.3, 0.4) is 0 Å². The molecule has 0 bridgehead atoms. The van der Waals surface area contributed by atoms with Crippen LogP contribution in [0.1, 0.15) is 50.0 Å². The van der Waals surface area contributed by atoms with Gasteiger partial charge in [-0.15, -0.1) is 0 Å². The van der Waals surface area contributed by atoms with E-state index in [1.807, 2.05) is 0 Å². The van der Waals surface area contributed by atoms with E-state index in [-0.39, 0.29) is 76.5 Å². The summed E-state index contributed by atoms with van der Waals surface area (Å²) in [5.41, 5.74) is 0.569. The molecule has 2 aromatic heterocycles. The Morgan fingerprint density at radius 1 is 1.07 bits per heavy atom. The number of ether oxygens (including phenoxy) is 1. The molecule has 1 aliphatic rings. The summed E-state index contributed by atoms with van der Waals surface area (Å²) in [6.07, 6.45) is -10.8. The molecule has 0 radical (unpaired) electrons. The molecule has 9 nitrogen and oxygen atoms in total. The molecule has 6 N–H and O–H groups in total. The number of nitrogens with one attached hydrogen (secondary N) is 4. The van der Waals surface area contributed by atoms with Crippen molar-refractivity contribution in [3.63, 3.8) is 0 Å². The molecule has 3 aromatic rings. The summed E-state index contributed by atoms with van der Waals surface area (Å²) >= 11 is 12.7. The predicted molar refractivity (Wildman–Crippen MR) is 148 cm³/mol. The number of H-pyrrole nitrogens is 1. The first kappa shape index (κ1) is 34.2. The highest BCUT2D eigenvalue weighted by molar-refractivity contribution is 6.39. The van der Waals surface area contributed by atoms with Gasteiger partial charge in [0.2, 0.25) is 11.8 Å². The van der Waals surface area contributed by atoms with Crippen LogP contribution in [-0.2, 0) is 6.54 Å². The number of benzene rings is 1. The van der Waals surface area contributed by atoms with Crippen molar-refractivity contribution >= 4 is 46.0 Å². The Morgan fingerprint density at radius 2 is 1.75 bits per heavy atom. The summed E-state index contributed by atoms with van der Waals surface area (Å²) in [6, 6.07) is 3.77. The number of aliphatic hydroxyl groups excluding tert-OH is 2. The first-order valence-electron chi connectivity index (χ1n) is 13.4. The van der Waals surface area contributed by atoms with Crippen molar-refractivity contribution in [1.82, 2.24) is 25.6 Å². The molecular formula is C26H29Cl2F7N6O3. The third-order valence-electron chi connectivity index (χ3n) is 7.07. The fraction of sp³-hybridized carbons (Fsp3) is 0.538. The highest BCUT2D eigenvalue weighted by Gasteiger charge is 2.41. The van der Waals surface area contributed by atoms with Gasteiger partial charge in [0.1, 0.15) is 6.23 Å². The average molecular weight is 677 g/mol. The van der Waals surface area contributed by atoms with Crippen LogP contribution in [0.4, 0.5) is 42.4 Å². The number of anilines is 2. The number of fused-ring (bicyclic) bond motifs is 1. The van der Waals surface area contributed by atoms with Crippen LogP contribution in [0.25, 0.3) is 11.2 Å². The van der Waals surface area contributed by atoms with E-state index in [1.165, 1.54) is 18.2 Å². The SMILES string of the molecule is CC(F)(F)C(O)NCc1ccc(Cl)c(Nc2nc3nc(OCC(F)F)c(C(O)N[C@H]4CC[C@H](C(F)(F)F)CC4)cc3[nH]2)c1Cl. The number of hydrogen-bond donors (Lipinski definition) is 6. The second-order valence-electron chi connectivity index (χ2n) is 10.5. The topological polar surface area (TPSA) is 127 Å². The number of aromatic amines is 1. The molecule has 244 valence electrons. The Morgan fingerprint density at radius 3 is 2.36 bits per heavy atom. The molecule has 2 atom stereocenters. The maximum Gasteiger partial charge on any atom is 0.391 e. The fourth-order valence-electron chi connectivity index (χ4n) is 4.71. The van der Waals surface area contributed by atoms with Gasteiger partial charge in [0, 0.05) is 19.5 Å². The zero-order chi connectivity index (χ0) is 32.4. The summed E-state index contributed by atoms with van der Waals surface area (Å²) in [5.74, 6) is -5.18. The summed E-state index contributed by atoms with van der Waals surface area (Å²) in [4.78, 5) is 11.3. The number of pyridine rings is 1. The maximum atomic E-state index is 13.3. The molecule has 1 saturated carbocycles. The molecule has 2 unspecified atom stereocenters. The van der Waals surface area contributed by atoms with Crippen molar-refractivity contribution in [2.45, 2.75) is 76.2 Å². The van der Waals surface area contributed by atoms with Gasteiger partial charge in [-0.05, 0) is 43.4 Å². The molecule has 4 rings (SSSR count). The molecular weight excluding hydrogens is 648 g/mol. The third kappa shape index (κ3) is 8.54. The standard InChI is InChI=1S/C26H29Cl2F7N6O3/c1-25(31,32)23(43)36-9-11-2-7-15(27)19(18(11)28)39-24-38-16-8-14(22(40-20(16)41-24)44-10-17(29)30)21(42)37-13-5-3-12(4-6-13)26(33,34)35/h2,7-8,12-13,17,21,23,36-37,42-43H,3-6,9-10H2,1H3,(H2,38,39,40,41)/t12-,13-,21?,23?. The van der Waals surface area contributed by atoms with E-state index in [2.05, 4.69) is 30.9 Å². The molecule has 1 aliphatic carbocycles. The minimum absolute atomic E-state index is 0.0169. The first-order valence-corrected chi connectivity index (χ1v) is 14.1. The second kappa shape index (κ2) is 13.8. The summed E-state index contributed by atoms with van der Waals surface area (Å²) in [7, 11) is 0. The van der Waals surface area contributed by atoms with Crippen LogP contribution in [0.2, 0.25) is 10.0 Å². The van der Waals surface area contributed by atoms with Crippen LogP contribution in [-0.4, -0.2) is 62.6 Å².